The molecule has 2 aromatic rings. The van der Waals surface area contributed by atoms with E-state index in [9.17, 15) is 0 Å². The van der Waals surface area contributed by atoms with Gasteiger partial charge in [-0.1, -0.05) is 11.6 Å². The van der Waals surface area contributed by atoms with Gasteiger partial charge in [0, 0.05) is 31.3 Å². The van der Waals surface area contributed by atoms with E-state index >= 15 is 0 Å². The van der Waals surface area contributed by atoms with Gasteiger partial charge in [-0.25, -0.2) is 4.98 Å². The Labute approximate surface area is 122 Å². The first-order valence-electron chi connectivity index (χ1n) is 6.20. The second kappa shape index (κ2) is 6.93. The van der Waals surface area contributed by atoms with Gasteiger partial charge in [-0.15, -0.1) is 11.3 Å². The maximum absolute atomic E-state index is 5.92. The summed E-state index contributed by atoms with van der Waals surface area (Å²) in [5.41, 5.74) is 1.02. The Balaban J connectivity index is 1.95. The molecule has 0 bridgehead atoms. The fourth-order valence-electron chi connectivity index (χ4n) is 1.85. The lowest BCUT2D eigenvalue weighted by molar-refractivity contribution is 0.190. The number of rotatable bonds is 7. The van der Waals surface area contributed by atoms with Gasteiger partial charge in [0.2, 0.25) is 5.95 Å². The highest BCUT2D eigenvalue weighted by Crippen LogP contribution is 2.22. The smallest absolute Gasteiger partial charge is 0.203 e. The largest absolute Gasteiger partial charge is 0.385 e. The van der Waals surface area contributed by atoms with Crippen molar-refractivity contribution in [2.45, 2.75) is 26.4 Å². The summed E-state index contributed by atoms with van der Waals surface area (Å²) in [4.78, 5) is 5.70. The molecular formula is C13H18ClN3OS. The molecule has 0 aromatic carbocycles. The van der Waals surface area contributed by atoms with Crippen LogP contribution in [0.15, 0.2) is 18.3 Å². The first-order chi connectivity index (χ1) is 9.19. The number of methoxy groups -OCH3 is 1. The summed E-state index contributed by atoms with van der Waals surface area (Å²) in [7, 11) is 1.72. The highest BCUT2D eigenvalue weighted by molar-refractivity contribution is 7.16. The molecule has 0 unspecified atom stereocenters. The molecule has 2 rings (SSSR count). The molecule has 2 heterocycles. The topological polar surface area (TPSA) is 39.1 Å². The van der Waals surface area contributed by atoms with Crippen LogP contribution in [-0.2, 0) is 17.8 Å². The number of ether oxygens (including phenoxy) is 1. The first kappa shape index (κ1) is 14.4. The lowest BCUT2D eigenvalue weighted by Gasteiger charge is -2.08. The summed E-state index contributed by atoms with van der Waals surface area (Å²) in [5.74, 6) is 0.901. The minimum Gasteiger partial charge on any atom is -0.385 e. The van der Waals surface area contributed by atoms with Crippen LogP contribution < -0.4 is 5.32 Å². The van der Waals surface area contributed by atoms with Crippen molar-refractivity contribution in [1.82, 2.24) is 9.55 Å². The molecule has 0 amide bonds. The number of thiophene rings is 1. The van der Waals surface area contributed by atoms with Gasteiger partial charge < -0.3 is 14.6 Å². The van der Waals surface area contributed by atoms with Crippen LogP contribution in [0.2, 0.25) is 4.34 Å². The maximum Gasteiger partial charge on any atom is 0.203 e. The van der Waals surface area contributed by atoms with Crippen molar-refractivity contribution in [2.24, 2.45) is 0 Å². The monoisotopic (exact) mass is 299 g/mol. The zero-order valence-electron chi connectivity index (χ0n) is 11.1. The highest BCUT2D eigenvalue weighted by atomic mass is 35.5. The molecular weight excluding hydrogens is 282 g/mol. The first-order valence-corrected chi connectivity index (χ1v) is 7.39. The van der Waals surface area contributed by atoms with E-state index in [0.29, 0.717) is 0 Å². The molecule has 0 radical (unpaired) electrons. The van der Waals surface area contributed by atoms with Gasteiger partial charge in [-0.3, -0.25) is 0 Å². The Kier molecular flexibility index (Phi) is 5.24. The zero-order chi connectivity index (χ0) is 13.7. The maximum atomic E-state index is 5.92. The Morgan fingerprint density at radius 2 is 2.32 bits per heavy atom. The highest BCUT2D eigenvalue weighted by Gasteiger charge is 2.06. The quantitative estimate of drug-likeness (QED) is 0.795. The molecule has 19 heavy (non-hydrogen) atoms. The third-order valence-electron chi connectivity index (χ3n) is 2.69. The lowest BCUT2D eigenvalue weighted by atomic mass is 10.4. The van der Waals surface area contributed by atoms with Gasteiger partial charge >= 0.3 is 0 Å². The number of nitrogens with zero attached hydrogens (tertiary/aromatic N) is 2. The number of imidazole rings is 1. The molecule has 0 aliphatic rings. The van der Waals surface area contributed by atoms with Gasteiger partial charge in [0.25, 0.3) is 0 Å². The molecule has 104 valence electrons. The number of halogens is 1. The van der Waals surface area contributed by atoms with Crippen LogP contribution in [-0.4, -0.2) is 23.3 Å². The SMILES string of the molecule is COCCCn1cc(C)nc1NCc1ccc(Cl)s1. The third kappa shape index (κ3) is 4.23. The van der Waals surface area contributed by atoms with Crippen molar-refractivity contribution in [3.63, 3.8) is 0 Å². The van der Waals surface area contributed by atoms with E-state index in [1.807, 2.05) is 19.1 Å². The molecule has 1 N–H and O–H groups in total. The Morgan fingerprint density at radius 1 is 1.47 bits per heavy atom. The molecule has 0 atom stereocenters. The molecule has 0 aliphatic heterocycles. The molecule has 0 spiro atoms. The van der Waals surface area contributed by atoms with E-state index in [1.165, 1.54) is 4.88 Å². The van der Waals surface area contributed by atoms with Crippen LogP contribution in [0.5, 0.6) is 0 Å². The number of aromatic nitrogens is 2. The van der Waals surface area contributed by atoms with Crippen LogP contribution in [0.4, 0.5) is 5.95 Å². The minimum atomic E-state index is 0.748. The van der Waals surface area contributed by atoms with Gasteiger partial charge in [0.1, 0.15) is 0 Å². The van der Waals surface area contributed by atoms with E-state index in [0.717, 1.165) is 42.1 Å². The van der Waals surface area contributed by atoms with Gasteiger partial charge in [0.05, 0.1) is 16.6 Å². The lowest BCUT2D eigenvalue weighted by Crippen LogP contribution is -2.07. The second-order valence-corrected chi connectivity index (χ2v) is 6.10. The van der Waals surface area contributed by atoms with Crippen LogP contribution in [0.25, 0.3) is 0 Å². The summed E-state index contributed by atoms with van der Waals surface area (Å²) in [6.45, 7) is 4.41. The Morgan fingerprint density at radius 3 is 3.00 bits per heavy atom. The zero-order valence-corrected chi connectivity index (χ0v) is 12.7. The Hall–Kier alpha value is -1.04. The number of hydrogen-bond donors (Lipinski definition) is 1. The summed E-state index contributed by atoms with van der Waals surface area (Å²) < 4.78 is 8.02. The second-order valence-electron chi connectivity index (χ2n) is 4.31. The molecule has 0 saturated heterocycles. The summed E-state index contributed by atoms with van der Waals surface area (Å²) >= 11 is 7.51. The molecule has 6 heteroatoms. The summed E-state index contributed by atoms with van der Waals surface area (Å²) in [6.07, 6.45) is 3.03. The van der Waals surface area contributed by atoms with Crippen LogP contribution in [0, 0.1) is 6.92 Å². The normalized spacial score (nSPS) is 10.9. The van der Waals surface area contributed by atoms with Crippen molar-refractivity contribution < 1.29 is 4.74 Å². The summed E-state index contributed by atoms with van der Waals surface area (Å²) in [5, 5.41) is 3.35. The molecule has 2 aromatic heterocycles. The van der Waals surface area contributed by atoms with E-state index in [4.69, 9.17) is 16.3 Å². The number of anilines is 1. The standard InChI is InChI=1S/C13H18ClN3OS/c1-10-9-17(6-3-7-18-2)13(16-10)15-8-11-4-5-12(14)19-11/h4-5,9H,3,6-8H2,1-2H3,(H,15,16). The molecule has 0 aliphatic carbocycles. The predicted molar refractivity (Wildman–Crippen MR) is 80.1 cm³/mol. The van der Waals surface area contributed by atoms with Crippen molar-refractivity contribution in [3.05, 3.63) is 33.2 Å². The fraction of sp³-hybridized carbons (Fsp3) is 0.462. The predicted octanol–water partition coefficient (Wildman–Crippen LogP) is 3.56. The van der Waals surface area contributed by atoms with Gasteiger partial charge in [0.15, 0.2) is 0 Å². The molecule has 4 nitrogen and oxygen atoms in total. The van der Waals surface area contributed by atoms with Crippen LogP contribution >= 0.6 is 22.9 Å². The number of aryl methyl sites for hydroxylation is 2. The van der Waals surface area contributed by atoms with Crippen LogP contribution in [0.1, 0.15) is 17.0 Å². The number of nitrogens with one attached hydrogen (secondary N) is 1. The average molecular weight is 300 g/mol. The van der Waals surface area contributed by atoms with Gasteiger partial charge in [-0.2, -0.15) is 0 Å². The Bertz CT molecular complexity index is 524. The third-order valence-corrected chi connectivity index (χ3v) is 3.93. The molecule has 0 fully saturated rings. The van der Waals surface area contributed by atoms with E-state index in [2.05, 4.69) is 21.1 Å². The average Bonchev–Trinajstić information content (AvgIpc) is 2.94. The van der Waals surface area contributed by atoms with Crippen molar-refractivity contribution >= 4 is 28.9 Å². The van der Waals surface area contributed by atoms with E-state index in [-0.39, 0.29) is 0 Å². The number of hydrogen-bond acceptors (Lipinski definition) is 4. The minimum absolute atomic E-state index is 0.748. The van der Waals surface area contributed by atoms with Gasteiger partial charge in [-0.05, 0) is 25.5 Å². The summed E-state index contributed by atoms with van der Waals surface area (Å²) in [6, 6.07) is 3.95. The van der Waals surface area contributed by atoms with Crippen molar-refractivity contribution in [1.29, 1.82) is 0 Å². The fourth-order valence-corrected chi connectivity index (χ4v) is 2.88. The van der Waals surface area contributed by atoms with Crippen LogP contribution in [0.3, 0.4) is 0 Å². The van der Waals surface area contributed by atoms with Crippen molar-refractivity contribution in [3.8, 4) is 0 Å². The van der Waals surface area contributed by atoms with E-state index < -0.39 is 0 Å². The van der Waals surface area contributed by atoms with E-state index in [1.54, 1.807) is 18.4 Å². The van der Waals surface area contributed by atoms with Crippen molar-refractivity contribution in [2.75, 3.05) is 19.0 Å². The molecule has 0 saturated carbocycles.